The van der Waals surface area contributed by atoms with Crippen LogP contribution >= 0.6 is 0 Å². The molecule has 0 spiro atoms. The van der Waals surface area contributed by atoms with Crippen LogP contribution in [0.3, 0.4) is 0 Å². The van der Waals surface area contributed by atoms with Crippen LogP contribution in [-0.2, 0) is 0 Å². The first-order valence-corrected chi connectivity index (χ1v) is 4.79. The fraction of sp³-hybridized carbons (Fsp3) is 0.700. The van der Waals surface area contributed by atoms with Gasteiger partial charge < -0.3 is 4.90 Å². The average Bonchev–Trinajstić information content (AvgIpc) is 2.03. The molecular formula is C10H18N2O. The minimum Gasteiger partial charge on any atom is -0.318 e. The van der Waals surface area contributed by atoms with Crippen molar-refractivity contribution in [1.29, 1.82) is 0 Å². The molecule has 1 heterocycles. The third-order valence-corrected chi connectivity index (χ3v) is 2.21. The Bertz CT molecular complexity index is 221. The molecule has 0 fully saturated rings. The van der Waals surface area contributed by atoms with Crippen LogP contribution in [-0.4, -0.2) is 34.5 Å². The first kappa shape index (κ1) is 10.1. The normalized spacial score (nSPS) is 17.8. The van der Waals surface area contributed by atoms with Gasteiger partial charge in [-0.3, -0.25) is 4.90 Å². The fourth-order valence-electron chi connectivity index (χ4n) is 1.39. The summed E-state index contributed by atoms with van der Waals surface area (Å²) in [6, 6.07) is 0.636. The minimum absolute atomic E-state index is 0.118. The molecule has 1 aliphatic heterocycles. The van der Waals surface area contributed by atoms with E-state index in [0.717, 1.165) is 6.54 Å². The molecule has 2 amide bonds. The van der Waals surface area contributed by atoms with E-state index in [4.69, 9.17) is 0 Å². The smallest absolute Gasteiger partial charge is 0.318 e. The molecule has 0 unspecified atom stereocenters. The van der Waals surface area contributed by atoms with Crippen molar-refractivity contribution in [1.82, 2.24) is 9.80 Å². The molecule has 3 nitrogen and oxygen atoms in total. The lowest BCUT2D eigenvalue weighted by Gasteiger charge is -2.36. The molecule has 0 N–H and O–H groups in total. The van der Waals surface area contributed by atoms with E-state index in [0.29, 0.717) is 0 Å². The van der Waals surface area contributed by atoms with Crippen molar-refractivity contribution < 1.29 is 4.79 Å². The maximum absolute atomic E-state index is 11.8. The summed E-state index contributed by atoms with van der Waals surface area (Å²) in [5.74, 6) is 0. The van der Waals surface area contributed by atoms with Crippen LogP contribution in [0.1, 0.15) is 27.7 Å². The summed E-state index contributed by atoms with van der Waals surface area (Å²) in [6.45, 7) is 8.85. The van der Waals surface area contributed by atoms with E-state index >= 15 is 0 Å². The predicted molar refractivity (Wildman–Crippen MR) is 53.4 cm³/mol. The van der Waals surface area contributed by atoms with Gasteiger partial charge in [0.05, 0.1) is 0 Å². The summed E-state index contributed by atoms with van der Waals surface area (Å²) in [7, 11) is 0. The van der Waals surface area contributed by atoms with Gasteiger partial charge in [0, 0.05) is 24.8 Å². The quantitative estimate of drug-likeness (QED) is 0.641. The minimum atomic E-state index is 0.118. The zero-order valence-electron chi connectivity index (χ0n) is 8.82. The second-order valence-electron chi connectivity index (χ2n) is 3.91. The van der Waals surface area contributed by atoms with Crippen molar-refractivity contribution in [2.45, 2.75) is 39.8 Å². The molecule has 13 heavy (non-hydrogen) atoms. The molecule has 0 radical (unpaired) electrons. The first-order chi connectivity index (χ1) is 6.04. The second kappa shape index (κ2) is 3.81. The van der Waals surface area contributed by atoms with Crippen LogP contribution < -0.4 is 0 Å². The van der Waals surface area contributed by atoms with Crippen molar-refractivity contribution in [2.24, 2.45) is 0 Å². The number of hydrogen-bond acceptors (Lipinski definition) is 1. The lowest BCUT2D eigenvalue weighted by Crippen LogP contribution is -2.49. The van der Waals surface area contributed by atoms with Crippen LogP contribution in [0.15, 0.2) is 12.3 Å². The van der Waals surface area contributed by atoms with Crippen LogP contribution in [0.5, 0.6) is 0 Å². The van der Waals surface area contributed by atoms with Gasteiger partial charge >= 0.3 is 6.03 Å². The Labute approximate surface area is 80.0 Å². The molecule has 0 aromatic rings. The van der Waals surface area contributed by atoms with Gasteiger partial charge in [0.25, 0.3) is 0 Å². The van der Waals surface area contributed by atoms with Gasteiger partial charge in [-0.2, -0.15) is 0 Å². The van der Waals surface area contributed by atoms with Crippen LogP contribution in [0.2, 0.25) is 0 Å². The van der Waals surface area contributed by atoms with E-state index in [1.807, 2.05) is 44.9 Å². The number of hydrogen-bond donors (Lipinski definition) is 0. The van der Waals surface area contributed by atoms with E-state index in [-0.39, 0.29) is 18.1 Å². The summed E-state index contributed by atoms with van der Waals surface area (Å²) < 4.78 is 0. The third kappa shape index (κ3) is 2.02. The summed E-state index contributed by atoms with van der Waals surface area (Å²) in [6.07, 6.45) is 3.91. The van der Waals surface area contributed by atoms with Crippen molar-refractivity contribution >= 4 is 6.03 Å². The molecule has 0 atom stereocenters. The average molecular weight is 182 g/mol. The molecule has 3 heteroatoms. The van der Waals surface area contributed by atoms with Crippen molar-refractivity contribution in [3.63, 3.8) is 0 Å². The molecule has 0 saturated heterocycles. The lowest BCUT2D eigenvalue weighted by atomic mass is 10.2. The number of nitrogens with zero attached hydrogens (tertiary/aromatic N) is 2. The zero-order chi connectivity index (χ0) is 10.0. The maximum atomic E-state index is 11.8. The number of rotatable bonds is 2. The maximum Gasteiger partial charge on any atom is 0.324 e. The number of amides is 2. The molecule has 1 rings (SSSR count). The number of carbonyl (C=O) groups is 1. The van der Waals surface area contributed by atoms with Gasteiger partial charge in [-0.05, 0) is 33.8 Å². The van der Waals surface area contributed by atoms with E-state index < -0.39 is 0 Å². The SMILES string of the molecule is CC(C)N1C=CCN(C(C)C)C1=O. The summed E-state index contributed by atoms with van der Waals surface area (Å²) >= 11 is 0. The van der Waals surface area contributed by atoms with E-state index in [2.05, 4.69) is 0 Å². The Kier molecular flexibility index (Phi) is 2.96. The molecular weight excluding hydrogens is 164 g/mol. The molecule has 1 aliphatic rings. The second-order valence-corrected chi connectivity index (χ2v) is 3.91. The third-order valence-electron chi connectivity index (χ3n) is 2.21. The van der Waals surface area contributed by atoms with Crippen molar-refractivity contribution in [3.05, 3.63) is 12.3 Å². The molecule has 0 aliphatic carbocycles. The van der Waals surface area contributed by atoms with Crippen LogP contribution in [0.25, 0.3) is 0 Å². The fourth-order valence-corrected chi connectivity index (χ4v) is 1.39. The molecule has 0 aromatic carbocycles. The van der Waals surface area contributed by atoms with Crippen molar-refractivity contribution in [3.8, 4) is 0 Å². The van der Waals surface area contributed by atoms with Gasteiger partial charge in [0.1, 0.15) is 0 Å². The van der Waals surface area contributed by atoms with Gasteiger partial charge in [-0.1, -0.05) is 0 Å². The molecule has 0 bridgehead atoms. The Hall–Kier alpha value is -0.990. The van der Waals surface area contributed by atoms with Gasteiger partial charge in [0.2, 0.25) is 0 Å². The summed E-state index contributed by atoms with van der Waals surface area (Å²) in [5.41, 5.74) is 0. The summed E-state index contributed by atoms with van der Waals surface area (Å²) in [4.78, 5) is 15.4. The first-order valence-electron chi connectivity index (χ1n) is 4.79. The van der Waals surface area contributed by atoms with Gasteiger partial charge in [-0.15, -0.1) is 0 Å². The highest BCUT2D eigenvalue weighted by molar-refractivity contribution is 5.77. The Morgan fingerprint density at radius 2 is 1.85 bits per heavy atom. The molecule has 0 saturated carbocycles. The standard InChI is InChI=1S/C10H18N2O/c1-8(2)11-6-5-7-12(9(3)4)10(11)13/h5-6,8-9H,7H2,1-4H3. The Balaban J connectivity index is 2.77. The van der Waals surface area contributed by atoms with Crippen LogP contribution in [0, 0.1) is 0 Å². The highest BCUT2D eigenvalue weighted by Gasteiger charge is 2.25. The monoisotopic (exact) mass is 182 g/mol. The summed E-state index contributed by atoms with van der Waals surface area (Å²) in [5, 5.41) is 0. The zero-order valence-corrected chi connectivity index (χ0v) is 8.82. The molecule has 0 aromatic heterocycles. The lowest BCUT2D eigenvalue weighted by molar-refractivity contribution is 0.146. The Morgan fingerprint density at radius 3 is 2.31 bits per heavy atom. The number of urea groups is 1. The van der Waals surface area contributed by atoms with Crippen LogP contribution in [0.4, 0.5) is 4.79 Å². The van der Waals surface area contributed by atoms with E-state index in [9.17, 15) is 4.79 Å². The molecule has 74 valence electrons. The number of carbonyl (C=O) groups excluding carboxylic acids is 1. The van der Waals surface area contributed by atoms with E-state index in [1.54, 1.807) is 4.90 Å². The predicted octanol–water partition coefficient (Wildman–Crippen LogP) is 2.05. The highest BCUT2D eigenvalue weighted by atomic mass is 16.2. The largest absolute Gasteiger partial charge is 0.324 e. The Morgan fingerprint density at radius 1 is 1.23 bits per heavy atom. The topological polar surface area (TPSA) is 23.6 Å². The van der Waals surface area contributed by atoms with Gasteiger partial charge in [0.15, 0.2) is 0 Å². The highest BCUT2D eigenvalue weighted by Crippen LogP contribution is 2.13. The van der Waals surface area contributed by atoms with Crippen molar-refractivity contribution in [2.75, 3.05) is 6.54 Å². The van der Waals surface area contributed by atoms with Gasteiger partial charge in [-0.25, -0.2) is 4.79 Å². The van der Waals surface area contributed by atoms with E-state index in [1.165, 1.54) is 0 Å².